The molecule has 0 amide bonds. The van der Waals surface area contributed by atoms with Crippen molar-refractivity contribution in [2.24, 2.45) is 0 Å². The topological polar surface area (TPSA) is 51.4 Å². The van der Waals surface area contributed by atoms with Gasteiger partial charge < -0.3 is 14.1 Å². The maximum absolute atomic E-state index is 5.96. The van der Waals surface area contributed by atoms with Crippen molar-refractivity contribution in [3.05, 3.63) is 47.6 Å². The van der Waals surface area contributed by atoms with Gasteiger partial charge in [0.25, 0.3) is 6.01 Å². The number of ether oxygens (including phenoxy) is 1. The Kier molecular flexibility index (Phi) is 3.79. The fourth-order valence-electron chi connectivity index (χ4n) is 2.81. The summed E-state index contributed by atoms with van der Waals surface area (Å²) in [5.74, 6) is 0.596. The molecule has 1 aliphatic heterocycles. The van der Waals surface area contributed by atoms with Crippen LogP contribution < -0.4 is 9.64 Å². The molecule has 0 aliphatic carbocycles. The molecule has 23 heavy (non-hydrogen) atoms. The number of para-hydroxylation sites is 2. The summed E-state index contributed by atoms with van der Waals surface area (Å²) in [5, 5.41) is 0.606. The number of oxazole rings is 1. The highest BCUT2D eigenvalue weighted by atomic mass is 35.5. The van der Waals surface area contributed by atoms with Crippen LogP contribution in [0, 0.1) is 0 Å². The zero-order valence-corrected chi connectivity index (χ0v) is 13.2. The molecular formula is C17H16ClN3O2. The predicted octanol–water partition coefficient (Wildman–Crippen LogP) is 3.92. The molecule has 0 saturated carbocycles. The summed E-state index contributed by atoms with van der Waals surface area (Å²) in [5.41, 5.74) is 1.69. The Hall–Kier alpha value is -2.27. The molecule has 1 aliphatic rings. The second-order valence-electron chi connectivity index (χ2n) is 5.61. The average molecular weight is 330 g/mol. The van der Waals surface area contributed by atoms with Crippen molar-refractivity contribution in [1.29, 1.82) is 0 Å². The van der Waals surface area contributed by atoms with E-state index in [1.54, 1.807) is 18.3 Å². The van der Waals surface area contributed by atoms with Crippen LogP contribution in [0.25, 0.3) is 11.1 Å². The second-order valence-corrected chi connectivity index (χ2v) is 6.04. The predicted molar refractivity (Wildman–Crippen MR) is 89.1 cm³/mol. The number of halogens is 1. The van der Waals surface area contributed by atoms with Crippen LogP contribution in [-0.4, -0.2) is 29.2 Å². The van der Waals surface area contributed by atoms with Crippen LogP contribution in [0.2, 0.25) is 5.02 Å². The molecule has 1 unspecified atom stereocenters. The van der Waals surface area contributed by atoms with Crippen LogP contribution in [0.15, 0.2) is 47.0 Å². The molecule has 0 N–H and O–H groups in total. The lowest BCUT2D eigenvalue weighted by atomic mass is 10.1. The van der Waals surface area contributed by atoms with E-state index in [2.05, 4.69) is 14.9 Å². The van der Waals surface area contributed by atoms with Gasteiger partial charge in [-0.25, -0.2) is 4.98 Å². The first-order chi connectivity index (χ1) is 11.3. The van der Waals surface area contributed by atoms with Gasteiger partial charge in [0.1, 0.15) is 11.6 Å². The minimum atomic E-state index is 0.0624. The molecule has 6 heteroatoms. The third-order valence-corrected chi connectivity index (χ3v) is 4.14. The standard InChI is InChI=1S/C17H16ClN3O2/c18-12-7-8-16(19-10-12)22-13-4-3-9-21(11-13)17-20-14-5-1-2-6-15(14)23-17/h1-2,5-8,10,13H,3-4,9,11H2. The van der Waals surface area contributed by atoms with Crippen LogP contribution >= 0.6 is 11.6 Å². The van der Waals surface area contributed by atoms with E-state index in [1.165, 1.54) is 0 Å². The minimum absolute atomic E-state index is 0.0624. The first kappa shape index (κ1) is 14.3. The van der Waals surface area contributed by atoms with Crippen LogP contribution in [0.5, 0.6) is 5.88 Å². The van der Waals surface area contributed by atoms with E-state index < -0.39 is 0 Å². The van der Waals surface area contributed by atoms with Gasteiger partial charge in [0, 0.05) is 18.8 Å². The summed E-state index contributed by atoms with van der Waals surface area (Å²) in [4.78, 5) is 10.9. The SMILES string of the molecule is Clc1ccc(OC2CCCN(c3nc4ccccc4o3)C2)nc1. The molecule has 4 rings (SSSR count). The van der Waals surface area contributed by atoms with Crippen molar-refractivity contribution in [2.75, 3.05) is 18.0 Å². The van der Waals surface area contributed by atoms with Gasteiger partial charge in [0.2, 0.25) is 5.88 Å². The van der Waals surface area contributed by atoms with Gasteiger partial charge in [0.15, 0.2) is 5.58 Å². The molecular weight excluding hydrogens is 314 g/mol. The number of hydrogen-bond acceptors (Lipinski definition) is 5. The molecule has 1 aromatic carbocycles. The van der Waals surface area contributed by atoms with E-state index in [-0.39, 0.29) is 6.10 Å². The molecule has 3 aromatic rings. The summed E-state index contributed by atoms with van der Waals surface area (Å²) in [6.45, 7) is 1.65. The molecule has 118 valence electrons. The number of aromatic nitrogens is 2. The van der Waals surface area contributed by atoms with Gasteiger partial charge in [-0.05, 0) is 31.0 Å². The van der Waals surface area contributed by atoms with Crippen molar-refractivity contribution < 1.29 is 9.15 Å². The second kappa shape index (κ2) is 6.08. The summed E-state index contributed by atoms with van der Waals surface area (Å²) in [7, 11) is 0. The normalized spacial score (nSPS) is 18.3. The number of piperidine rings is 1. The lowest BCUT2D eigenvalue weighted by Crippen LogP contribution is -2.41. The monoisotopic (exact) mass is 329 g/mol. The van der Waals surface area contributed by atoms with Gasteiger partial charge in [-0.15, -0.1) is 0 Å². The fourth-order valence-corrected chi connectivity index (χ4v) is 2.92. The molecule has 1 atom stereocenters. The first-order valence-corrected chi connectivity index (χ1v) is 8.04. The number of benzene rings is 1. The highest BCUT2D eigenvalue weighted by molar-refractivity contribution is 6.30. The van der Waals surface area contributed by atoms with Gasteiger partial charge in [-0.1, -0.05) is 23.7 Å². The molecule has 0 spiro atoms. The van der Waals surface area contributed by atoms with Crippen molar-refractivity contribution in [1.82, 2.24) is 9.97 Å². The molecule has 3 heterocycles. The highest BCUT2D eigenvalue weighted by Gasteiger charge is 2.25. The number of nitrogens with zero attached hydrogens (tertiary/aromatic N) is 3. The summed E-state index contributed by atoms with van der Waals surface area (Å²) in [6.07, 6.45) is 3.67. The lowest BCUT2D eigenvalue weighted by molar-refractivity contribution is 0.170. The van der Waals surface area contributed by atoms with E-state index >= 15 is 0 Å². The smallest absolute Gasteiger partial charge is 0.298 e. The third kappa shape index (κ3) is 3.10. The molecule has 1 saturated heterocycles. The summed E-state index contributed by atoms with van der Waals surface area (Å²) in [6, 6.07) is 12.0. The molecule has 0 bridgehead atoms. The molecule has 0 radical (unpaired) electrons. The first-order valence-electron chi connectivity index (χ1n) is 7.67. The minimum Gasteiger partial charge on any atom is -0.472 e. The number of fused-ring (bicyclic) bond motifs is 1. The zero-order valence-electron chi connectivity index (χ0n) is 12.5. The Morgan fingerprint density at radius 2 is 2.13 bits per heavy atom. The Morgan fingerprint density at radius 1 is 1.22 bits per heavy atom. The Balaban J connectivity index is 1.49. The molecule has 1 fully saturated rings. The van der Waals surface area contributed by atoms with E-state index in [4.69, 9.17) is 20.8 Å². The van der Waals surface area contributed by atoms with E-state index in [0.29, 0.717) is 16.9 Å². The van der Waals surface area contributed by atoms with Crippen LogP contribution in [0.4, 0.5) is 6.01 Å². The molecule has 2 aromatic heterocycles. The maximum Gasteiger partial charge on any atom is 0.298 e. The molecule has 5 nitrogen and oxygen atoms in total. The highest BCUT2D eigenvalue weighted by Crippen LogP contribution is 2.25. The maximum atomic E-state index is 5.96. The number of rotatable bonds is 3. The zero-order chi connectivity index (χ0) is 15.6. The summed E-state index contributed by atoms with van der Waals surface area (Å²) < 4.78 is 11.8. The average Bonchev–Trinajstić information content (AvgIpc) is 3.01. The van der Waals surface area contributed by atoms with Crippen LogP contribution in [0.1, 0.15) is 12.8 Å². The Bertz CT molecular complexity index is 770. The van der Waals surface area contributed by atoms with E-state index in [1.807, 2.05) is 24.3 Å². The van der Waals surface area contributed by atoms with Crippen molar-refractivity contribution >= 4 is 28.7 Å². The van der Waals surface area contributed by atoms with E-state index in [0.717, 1.165) is 37.0 Å². The van der Waals surface area contributed by atoms with E-state index in [9.17, 15) is 0 Å². The van der Waals surface area contributed by atoms with Crippen LogP contribution in [-0.2, 0) is 0 Å². The quantitative estimate of drug-likeness (QED) is 0.729. The third-order valence-electron chi connectivity index (χ3n) is 3.92. The largest absolute Gasteiger partial charge is 0.472 e. The Morgan fingerprint density at radius 3 is 2.96 bits per heavy atom. The van der Waals surface area contributed by atoms with Gasteiger partial charge in [-0.2, -0.15) is 4.98 Å². The van der Waals surface area contributed by atoms with Crippen LogP contribution in [0.3, 0.4) is 0 Å². The number of hydrogen-bond donors (Lipinski definition) is 0. The van der Waals surface area contributed by atoms with Crippen molar-refractivity contribution in [3.8, 4) is 5.88 Å². The number of pyridine rings is 1. The Labute approximate surface area is 138 Å². The lowest BCUT2D eigenvalue weighted by Gasteiger charge is -2.31. The van der Waals surface area contributed by atoms with Gasteiger partial charge in [-0.3, -0.25) is 0 Å². The van der Waals surface area contributed by atoms with Crippen molar-refractivity contribution in [2.45, 2.75) is 18.9 Å². The van der Waals surface area contributed by atoms with Gasteiger partial charge in [0.05, 0.1) is 11.6 Å². The summed E-state index contributed by atoms with van der Waals surface area (Å²) >= 11 is 5.85. The number of anilines is 1. The fraction of sp³-hybridized carbons (Fsp3) is 0.294. The van der Waals surface area contributed by atoms with Gasteiger partial charge >= 0.3 is 0 Å². The van der Waals surface area contributed by atoms with Crippen molar-refractivity contribution in [3.63, 3.8) is 0 Å².